The van der Waals surface area contributed by atoms with Gasteiger partial charge < -0.3 is 14.9 Å². The average molecular weight is 317 g/mol. The standard InChI is InChI=1S/C13H17BrO4/c1-7-4-9(14)5-8(2)12(7)13(17)10(15)6-11(16)18-3/h4-5,10,13,15,17H,6H2,1-3H3. The molecule has 2 N–H and O–H groups in total. The molecule has 2 atom stereocenters. The molecule has 0 fully saturated rings. The third-order valence-electron chi connectivity index (χ3n) is 2.82. The number of carbonyl (C=O) groups is 1. The molecule has 1 rings (SSSR count). The Balaban J connectivity index is 2.96. The van der Waals surface area contributed by atoms with E-state index in [2.05, 4.69) is 20.7 Å². The van der Waals surface area contributed by atoms with Gasteiger partial charge in [-0.15, -0.1) is 0 Å². The molecule has 0 spiro atoms. The van der Waals surface area contributed by atoms with Gasteiger partial charge in [0.15, 0.2) is 0 Å². The molecule has 1 aromatic carbocycles. The Morgan fingerprint density at radius 1 is 1.33 bits per heavy atom. The zero-order chi connectivity index (χ0) is 13.9. The number of aliphatic hydroxyl groups is 2. The van der Waals surface area contributed by atoms with E-state index in [0.717, 1.165) is 15.6 Å². The number of benzene rings is 1. The molecule has 0 aromatic heterocycles. The number of methoxy groups -OCH3 is 1. The monoisotopic (exact) mass is 316 g/mol. The Labute approximate surface area is 115 Å². The first kappa shape index (κ1) is 15.1. The lowest BCUT2D eigenvalue weighted by Gasteiger charge is -2.21. The maximum absolute atomic E-state index is 11.1. The number of carbonyl (C=O) groups excluding carboxylic acids is 1. The van der Waals surface area contributed by atoms with Crippen LogP contribution < -0.4 is 0 Å². The first-order chi connectivity index (χ1) is 8.36. The fourth-order valence-corrected chi connectivity index (χ4v) is 2.63. The van der Waals surface area contributed by atoms with Gasteiger partial charge in [0.1, 0.15) is 6.10 Å². The predicted molar refractivity (Wildman–Crippen MR) is 71.2 cm³/mol. The van der Waals surface area contributed by atoms with Crippen LogP contribution in [0.15, 0.2) is 16.6 Å². The summed E-state index contributed by atoms with van der Waals surface area (Å²) >= 11 is 3.37. The van der Waals surface area contributed by atoms with Crippen molar-refractivity contribution in [1.82, 2.24) is 0 Å². The van der Waals surface area contributed by atoms with Gasteiger partial charge in [0.25, 0.3) is 0 Å². The van der Waals surface area contributed by atoms with Crippen molar-refractivity contribution in [3.8, 4) is 0 Å². The summed E-state index contributed by atoms with van der Waals surface area (Å²) in [6.45, 7) is 3.70. The van der Waals surface area contributed by atoms with Crippen LogP contribution in [0.1, 0.15) is 29.2 Å². The van der Waals surface area contributed by atoms with Gasteiger partial charge in [-0.1, -0.05) is 15.9 Å². The molecular formula is C13H17BrO4. The van der Waals surface area contributed by atoms with Crippen LogP contribution >= 0.6 is 15.9 Å². The van der Waals surface area contributed by atoms with E-state index in [9.17, 15) is 15.0 Å². The number of hydrogen-bond donors (Lipinski definition) is 2. The van der Waals surface area contributed by atoms with Crippen molar-refractivity contribution >= 4 is 21.9 Å². The molecule has 0 saturated carbocycles. The fraction of sp³-hybridized carbons (Fsp3) is 0.462. The van der Waals surface area contributed by atoms with Crippen LogP contribution in [0, 0.1) is 13.8 Å². The van der Waals surface area contributed by atoms with Crippen LogP contribution in [0.5, 0.6) is 0 Å². The minimum Gasteiger partial charge on any atom is -0.469 e. The average Bonchev–Trinajstić information content (AvgIpc) is 2.27. The Kier molecular flexibility index (Phi) is 5.31. The molecule has 0 aliphatic carbocycles. The normalized spacial score (nSPS) is 14.1. The van der Waals surface area contributed by atoms with E-state index in [4.69, 9.17) is 0 Å². The smallest absolute Gasteiger partial charge is 0.308 e. The summed E-state index contributed by atoms with van der Waals surface area (Å²) in [5, 5.41) is 19.9. The van der Waals surface area contributed by atoms with E-state index in [0.29, 0.717) is 5.56 Å². The van der Waals surface area contributed by atoms with Crippen molar-refractivity contribution in [2.24, 2.45) is 0 Å². The maximum atomic E-state index is 11.1. The maximum Gasteiger partial charge on any atom is 0.308 e. The molecule has 0 heterocycles. The van der Waals surface area contributed by atoms with Gasteiger partial charge in [-0.25, -0.2) is 0 Å². The Morgan fingerprint density at radius 3 is 2.28 bits per heavy atom. The highest BCUT2D eigenvalue weighted by Crippen LogP contribution is 2.28. The van der Waals surface area contributed by atoms with Crippen molar-refractivity contribution in [2.45, 2.75) is 32.5 Å². The highest BCUT2D eigenvalue weighted by molar-refractivity contribution is 9.10. The molecule has 0 amide bonds. The van der Waals surface area contributed by atoms with E-state index in [1.54, 1.807) is 0 Å². The summed E-state index contributed by atoms with van der Waals surface area (Å²) in [6.07, 6.45) is -2.50. The summed E-state index contributed by atoms with van der Waals surface area (Å²) in [5.41, 5.74) is 2.37. The summed E-state index contributed by atoms with van der Waals surface area (Å²) in [5.74, 6) is -0.547. The molecule has 18 heavy (non-hydrogen) atoms. The lowest BCUT2D eigenvalue weighted by molar-refractivity contribution is -0.144. The molecule has 5 heteroatoms. The van der Waals surface area contributed by atoms with Gasteiger partial charge in [0.05, 0.1) is 19.6 Å². The number of aliphatic hydroxyl groups excluding tert-OH is 2. The van der Waals surface area contributed by atoms with Crippen molar-refractivity contribution < 1.29 is 19.7 Å². The Hall–Kier alpha value is -0.910. The highest BCUT2D eigenvalue weighted by Gasteiger charge is 2.24. The van der Waals surface area contributed by atoms with Crippen LogP contribution in [0.4, 0.5) is 0 Å². The van der Waals surface area contributed by atoms with Crippen LogP contribution in [0.25, 0.3) is 0 Å². The zero-order valence-electron chi connectivity index (χ0n) is 10.6. The summed E-state index contributed by atoms with van der Waals surface area (Å²) in [6, 6.07) is 3.72. The Bertz CT molecular complexity index is 422. The predicted octanol–water partition coefficient (Wildman–Crippen LogP) is 2.02. The van der Waals surface area contributed by atoms with Crippen molar-refractivity contribution in [3.05, 3.63) is 33.3 Å². The van der Waals surface area contributed by atoms with Crippen LogP contribution in [0.3, 0.4) is 0 Å². The SMILES string of the molecule is COC(=O)CC(O)C(O)c1c(C)cc(Br)cc1C. The van der Waals surface area contributed by atoms with Gasteiger partial charge in [-0.05, 0) is 42.7 Å². The van der Waals surface area contributed by atoms with Crippen LogP contribution in [-0.4, -0.2) is 29.4 Å². The van der Waals surface area contributed by atoms with Gasteiger partial charge in [0, 0.05) is 4.47 Å². The molecule has 0 aliphatic rings. The third-order valence-corrected chi connectivity index (χ3v) is 3.28. The fourth-order valence-electron chi connectivity index (χ4n) is 1.95. The van der Waals surface area contributed by atoms with E-state index in [1.165, 1.54) is 7.11 Å². The number of aryl methyl sites for hydroxylation is 2. The second-order valence-electron chi connectivity index (χ2n) is 4.25. The van der Waals surface area contributed by atoms with Crippen molar-refractivity contribution in [2.75, 3.05) is 7.11 Å². The molecular weight excluding hydrogens is 300 g/mol. The molecule has 1 aromatic rings. The van der Waals surface area contributed by atoms with Crippen LogP contribution in [0.2, 0.25) is 0 Å². The van der Waals surface area contributed by atoms with Gasteiger partial charge in [0.2, 0.25) is 0 Å². The summed E-state index contributed by atoms with van der Waals surface area (Å²) in [4.78, 5) is 11.1. The lowest BCUT2D eigenvalue weighted by atomic mass is 9.94. The lowest BCUT2D eigenvalue weighted by Crippen LogP contribution is -2.23. The van der Waals surface area contributed by atoms with Gasteiger partial charge in [-0.2, -0.15) is 0 Å². The summed E-state index contributed by atoms with van der Waals surface area (Å²) < 4.78 is 5.38. The Morgan fingerprint density at radius 2 is 1.83 bits per heavy atom. The number of halogens is 1. The van der Waals surface area contributed by atoms with E-state index in [1.807, 2.05) is 26.0 Å². The van der Waals surface area contributed by atoms with Crippen molar-refractivity contribution in [1.29, 1.82) is 0 Å². The second kappa shape index (κ2) is 6.31. The molecule has 0 saturated heterocycles. The zero-order valence-corrected chi connectivity index (χ0v) is 12.2. The van der Waals surface area contributed by atoms with Crippen molar-refractivity contribution in [3.63, 3.8) is 0 Å². The first-order valence-corrected chi connectivity index (χ1v) is 6.35. The quantitative estimate of drug-likeness (QED) is 0.834. The third kappa shape index (κ3) is 3.54. The molecule has 100 valence electrons. The number of hydrogen-bond acceptors (Lipinski definition) is 4. The first-order valence-electron chi connectivity index (χ1n) is 5.56. The molecule has 0 radical (unpaired) electrons. The topological polar surface area (TPSA) is 66.8 Å². The van der Waals surface area contributed by atoms with Gasteiger partial charge in [-0.3, -0.25) is 4.79 Å². The van der Waals surface area contributed by atoms with E-state index in [-0.39, 0.29) is 6.42 Å². The van der Waals surface area contributed by atoms with E-state index < -0.39 is 18.2 Å². The molecule has 0 bridgehead atoms. The number of rotatable bonds is 4. The number of ether oxygens (including phenoxy) is 1. The molecule has 2 unspecified atom stereocenters. The van der Waals surface area contributed by atoms with E-state index >= 15 is 0 Å². The van der Waals surface area contributed by atoms with Crippen LogP contribution in [-0.2, 0) is 9.53 Å². The highest BCUT2D eigenvalue weighted by atomic mass is 79.9. The molecule has 4 nitrogen and oxygen atoms in total. The molecule has 0 aliphatic heterocycles. The summed E-state index contributed by atoms with van der Waals surface area (Å²) in [7, 11) is 1.25. The minimum absolute atomic E-state index is 0.230. The minimum atomic E-state index is -1.17. The number of esters is 1. The second-order valence-corrected chi connectivity index (χ2v) is 5.16. The largest absolute Gasteiger partial charge is 0.469 e. The van der Waals surface area contributed by atoms with Gasteiger partial charge >= 0.3 is 5.97 Å².